The van der Waals surface area contributed by atoms with Gasteiger partial charge in [-0.15, -0.1) is 11.3 Å². The molecule has 3 rings (SSSR count). The molecule has 3 aromatic rings. The van der Waals surface area contributed by atoms with Crippen molar-refractivity contribution in [1.29, 1.82) is 0 Å². The number of rotatable bonds is 3. The Hall–Kier alpha value is -1.98. The highest BCUT2D eigenvalue weighted by atomic mass is 32.1. The lowest BCUT2D eigenvalue weighted by Gasteiger charge is -2.13. The van der Waals surface area contributed by atoms with E-state index in [4.69, 9.17) is 10.5 Å². The summed E-state index contributed by atoms with van der Waals surface area (Å²) in [5.41, 5.74) is 8.71. The smallest absolute Gasteiger partial charge is 0.165 e. The number of nitrogens with zero attached hydrogens (tertiary/aromatic N) is 1. The predicted octanol–water partition coefficient (Wildman–Crippen LogP) is 3.49. The largest absolute Gasteiger partial charge is 0.494 e. The molecular formula is C15H13FN2OS. The van der Waals surface area contributed by atoms with Crippen molar-refractivity contribution in [2.45, 2.75) is 6.04 Å². The van der Waals surface area contributed by atoms with Crippen LogP contribution in [0.15, 0.2) is 41.9 Å². The first-order chi connectivity index (χ1) is 9.69. The first kappa shape index (κ1) is 13.0. The minimum absolute atomic E-state index is 0.216. The van der Waals surface area contributed by atoms with Crippen molar-refractivity contribution in [2.24, 2.45) is 5.73 Å². The van der Waals surface area contributed by atoms with Crippen LogP contribution in [-0.4, -0.2) is 12.1 Å². The van der Waals surface area contributed by atoms with E-state index in [-0.39, 0.29) is 5.75 Å². The van der Waals surface area contributed by atoms with Crippen molar-refractivity contribution in [3.8, 4) is 5.75 Å². The van der Waals surface area contributed by atoms with Gasteiger partial charge in [-0.05, 0) is 40.8 Å². The summed E-state index contributed by atoms with van der Waals surface area (Å²) < 4.78 is 19.7. The normalized spacial score (nSPS) is 12.6. The maximum Gasteiger partial charge on any atom is 0.165 e. The van der Waals surface area contributed by atoms with Crippen molar-refractivity contribution >= 4 is 21.6 Å². The molecule has 1 aromatic carbocycles. The van der Waals surface area contributed by atoms with Crippen LogP contribution < -0.4 is 10.5 Å². The van der Waals surface area contributed by atoms with E-state index in [0.29, 0.717) is 5.56 Å². The number of aromatic nitrogens is 1. The van der Waals surface area contributed by atoms with Gasteiger partial charge in [0.05, 0.1) is 23.4 Å². The number of nitrogens with two attached hydrogens (primary N) is 1. The van der Waals surface area contributed by atoms with Crippen LogP contribution in [0.3, 0.4) is 0 Å². The lowest BCUT2D eigenvalue weighted by Crippen LogP contribution is -2.12. The van der Waals surface area contributed by atoms with Gasteiger partial charge in [0.2, 0.25) is 0 Å². The molecule has 0 aliphatic carbocycles. The maximum atomic E-state index is 13.7. The summed E-state index contributed by atoms with van der Waals surface area (Å²) in [6.07, 6.45) is 1.74. The van der Waals surface area contributed by atoms with Crippen molar-refractivity contribution in [3.05, 3.63) is 58.9 Å². The Bertz CT molecular complexity index is 756. The summed E-state index contributed by atoms with van der Waals surface area (Å²) in [7, 11) is 1.44. The van der Waals surface area contributed by atoms with E-state index in [0.717, 1.165) is 15.8 Å². The average molecular weight is 288 g/mol. The van der Waals surface area contributed by atoms with E-state index in [1.54, 1.807) is 29.7 Å². The van der Waals surface area contributed by atoms with E-state index in [9.17, 15) is 4.39 Å². The van der Waals surface area contributed by atoms with Gasteiger partial charge in [-0.25, -0.2) is 4.39 Å². The minimum atomic E-state index is -0.411. The Balaban J connectivity index is 1.98. The number of pyridine rings is 1. The standard InChI is InChI=1S/C15H13FN2OS/c1-19-13-3-2-9(6-11(13)16)15(17)10-7-14-12(18-8-10)4-5-20-14/h2-8,15H,17H2,1H3. The Morgan fingerprint density at radius 2 is 2.10 bits per heavy atom. The van der Waals surface area contributed by atoms with E-state index in [2.05, 4.69) is 4.98 Å². The van der Waals surface area contributed by atoms with E-state index >= 15 is 0 Å². The maximum absolute atomic E-state index is 13.7. The topological polar surface area (TPSA) is 48.1 Å². The summed E-state index contributed by atoms with van der Waals surface area (Å²) in [6, 6.07) is 8.31. The van der Waals surface area contributed by atoms with Gasteiger partial charge < -0.3 is 10.5 Å². The summed E-state index contributed by atoms with van der Waals surface area (Å²) in [5.74, 6) is -0.196. The van der Waals surface area contributed by atoms with Gasteiger partial charge in [-0.1, -0.05) is 6.07 Å². The lowest BCUT2D eigenvalue weighted by molar-refractivity contribution is 0.386. The third-order valence-electron chi connectivity index (χ3n) is 3.22. The average Bonchev–Trinajstić information content (AvgIpc) is 2.93. The molecular weight excluding hydrogens is 275 g/mol. The highest BCUT2D eigenvalue weighted by Gasteiger charge is 2.13. The number of methoxy groups -OCH3 is 1. The molecule has 1 unspecified atom stereocenters. The Labute approximate surface area is 119 Å². The van der Waals surface area contributed by atoms with Crippen molar-refractivity contribution in [3.63, 3.8) is 0 Å². The highest BCUT2D eigenvalue weighted by Crippen LogP contribution is 2.27. The fourth-order valence-corrected chi connectivity index (χ4v) is 2.89. The first-order valence-electron chi connectivity index (χ1n) is 6.11. The molecule has 0 radical (unpaired) electrons. The van der Waals surface area contributed by atoms with Gasteiger partial charge in [0.25, 0.3) is 0 Å². The molecule has 0 spiro atoms. The van der Waals surface area contributed by atoms with Crippen LogP contribution in [0, 0.1) is 5.82 Å². The van der Waals surface area contributed by atoms with Crippen LogP contribution >= 0.6 is 11.3 Å². The van der Waals surface area contributed by atoms with Gasteiger partial charge >= 0.3 is 0 Å². The van der Waals surface area contributed by atoms with Gasteiger partial charge in [-0.3, -0.25) is 4.98 Å². The molecule has 0 fully saturated rings. The first-order valence-corrected chi connectivity index (χ1v) is 6.99. The number of hydrogen-bond acceptors (Lipinski definition) is 4. The molecule has 1 atom stereocenters. The number of ether oxygens (including phenoxy) is 1. The van der Waals surface area contributed by atoms with Crippen LogP contribution in [0.5, 0.6) is 5.75 Å². The molecule has 0 saturated carbocycles. The number of fused-ring (bicyclic) bond motifs is 1. The molecule has 5 heteroatoms. The molecule has 0 amide bonds. The van der Waals surface area contributed by atoms with Crippen LogP contribution in [0.2, 0.25) is 0 Å². The molecule has 2 heterocycles. The highest BCUT2D eigenvalue weighted by molar-refractivity contribution is 7.17. The quantitative estimate of drug-likeness (QED) is 0.802. The fraction of sp³-hybridized carbons (Fsp3) is 0.133. The predicted molar refractivity (Wildman–Crippen MR) is 78.6 cm³/mol. The molecule has 3 nitrogen and oxygen atoms in total. The second kappa shape index (κ2) is 5.19. The zero-order chi connectivity index (χ0) is 14.1. The van der Waals surface area contributed by atoms with Crippen molar-refractivity contribution in [2.75, 3.05) is 7.11 Å². The second-order valence-corrected chi connectivity index (χ2v) is 5.39. The van der Waals surface area contributed by atoms with Crippen molar-refractivity contribution in [1.82, 2.24) is 4.98 Å². The van der Waals surface area contributed by atoms with E-state index in [1.807, 2.05) is 17.5 Å². The molecule has 20 heavy (non-hydrogen) atoms. The molecule has 2 aromatic heterocycles. The molecule has 0 saturated heterocycles. The second-order valence-electron chi connectivity index (χ2n) is 4.44. The molecule has 102 valence electrons. The summed E-state index contributed by atoms with van der Waals surface area (Å²) in [5, 5.41) is 1.99. The Morgan fingerprint density at radius 1 is 1.25 bits per heavy atom. The minimum Gasteiger partial charge on any atom is -0.494 e. The number of thiophene rings is 1. The van der Waals surface area contributed by atoms with Crippen LogP contribution in [-0.2, 0) is 0 Å². The third-order valence-corrected chi connectivity index (χ3v) is 4.07. The zero-order valence-corrected chi connectivity index (χ0v) is 11.7. The zero-order valence-electron chi connectivity index (χ0n) is 10.8. The van der Waals surface area contributed by atoms with Crippen molar-refractivity contribution < 1.29 is 9.13 Å². The lowest BCUT2D eigenvalue weighted by atomic mass is 10.0. The van der Waals surface area contributed by atoms with Gasteiger partial charge in [0.15, 0.2) is 11.6 Å². The van der Waals surface area contributed by atoms with E-state index < -0.39 is 11.9 Å². The number of hydrogen-bond donors (Lipinski definition) is 1. The molecule has 0 aliphatic rings. The Kier molecular flexibility index (Phi) is 3.38. The molecule has 2 N–H and O–H groups in total. The number of halogens is 1. The van der Waals surface area contributed by atoms with E-state index in [1.165, 1.54) is 13.2 Å². The van der Waals surface area contributed by atoms with Crippen LogP contribution in [0.25, 0.3) is 10.2 Å². The fourth-order valence-electron chi connectivity index (χ4n) is 2.10. The SMILES string of the molecule is COc1ccc(C(N)c2cnc3ccsc3c2)cc1F. The van der Waals surface area contributed by atoms with Gasteiger partial charge in [0, 0.05) is 6.20 Å². The summed E-state index contributed by atoms with van der Waals surface area (Å²) >= 11 is 1.61. The molecule has 0 bridgehead atoms. The van der Waals surface area contributed by atoms with Crippen LogP contribution in [0.1, 0.15) is 17.2 Å². The van der Waals surface area contributed by atoms with Gasteiger partial charge in [0.1, 0.15) is 0 Å². The monoisotopic (exact) mass is 288 g/mol. The van der Waals surface area contributed by atoms with Crippen LogP contribution in [0.4, 0.5) is 4.39 Å². The number of benzene rings is 1. The summed E-state index contributed by atoms with van der Waals surface area (Å²) in [6.45, 7) is 0. The molecule has 0 aliphatic heterocycles. The third kappa shape index (κ3) is 2.26. The van der Waals surface area contributed by atoms with Gasteiger partial charge in [-0.2, -0.15) is 0 Å². The summed E-state index contributed by atoms with van der Waals surface area (Å²) in [4.78, 5) is 4.36. The Morgan fingerprint density at radius 3 is 2.85 bits per heavy atom.